The second-order valence-electron chi connectivity index (χ2n) is 10.5. The summed E-state index contributed by atoms with van der Waals surface area (Å²) in [7, 11) is 0. The number of aryl methyl sites for hydroxylation is 1. The summed E-state index contributed by atoms with van der Waals surface area (Å²) in [4.78, 5) is 39.5. The van der Waals surface area contributed by atoms with Crippen LogP contribution in [0.4, 0.5) is 0 Å². The minimum Gasteiger partial charge on any atom is -0.464 e. The molecule has 1 fully saturated rings. The Kier molecular flexibility index (Phi) is 11.6. The van der Waals surface area contributed by atoms with Crippen LogP contribution in [-0.4, -0.2) is 48.1 Å². The topological polar surface area (TPSA) is 81.7 Å². The van der Waals surface area contributed by atoms with Crippen molar-refractivity contribution in [2.45, 2.75) is 90.7 Å². The van der Waals surface area contributed by atoms with Gasteiger partial charge in [0.1, 0.15) is 11.6 Å². The zero-order valence-corrected chi connectivity index (χ0v) is 22.9. The van der Waals surface area contributed by atoms with Crippen molar-refractivity contribution in [3.8, 4) is 0 Å². The number of carbonyl (C=O) groups is 3. The Hall–Kier alpha value is -2.02. The Morgan fingerprint density at radius 1 is 1.06 bits per heavy atom. The Bertz CT molecular complexity index is 814. The molecular weight excluding hydrogens is 462 g/mol. The van der Waals surface area contributed by atoms with Gasteiger partial charge in [0.25, 0.3) is 0 Å². The number of hydrogen-bond acceptors (Lipinski definition) is 6. The van der Waals surface area contributed by atoms with Crippen molar-refractivity contribution in [1.29, 1.82) is 0 Å². The molecule has 196 valence electrons. The van der Waals surface area contributed by atoms with Gasteiger partial charge in [-0.2, -0.15) is 11.8 Å². The molecule has 0 aromatic heterocycles. The van der Waals surface area contributed by atoms with E-state index in [9.17, 15) is 14.4 Å². The molecule has 0 unspecified atom stereocenters. The number of amides is 1. The highest BCUT2D eigenvalue weighted by Crippen LogP contribution is 2.45. The van der Waals surface area contributed by atoms with Crippen LogP contribution in [0.1, 0.15) is 78.2 Å². The number of benzene rings is 1. The van der Waals surface area contributed by atoms with E-state index in [0.29, 0.717) is 32.1 Å². The lowest BCUT2D eigenvalue weighted by molar-refractivity contribution is -0.162. The second-order valence-corrected chi connectivity index (χ2v) is 11.5. The van der Waals surface area contributed by atoms with E-state index in [2.05, 4.69) is 17.4 Å². The number of hydrogen-bond donors (Lipinski definition) is 1. The first-order valence-electron chi connectivity index (χ1n) is 12.8. The third kappa shape index (κ3) is 9.51. The van der Waals surface area contributed by atoms with E-state index in [1.807, 2.05) is 45.2 Å². The van der Waals surface area contributed by atoms with Crippen LogP contribution in [0.25, 0.3) is 0 Å². The van der Waals surface area contributed by atoms with Gasteiger partial charge in [0.2, 0.25) is 5.91 Å². The van der Waals surface area contributed by atoms with Gasteiger partial charge in [0.05, 0.1) is 17.9 Å². The van der Waals surface area contributed by atoms with Gasteiger partial charge in [-0.1, -0.05) is 43.2 Å². The number of esters is 2. The SMILES string of the molecule is CCOC(=O)[C@H](CCSC)NC(=O)C1(C[C@@H](CCc2ccccc2)C(=O)OC(C)(C)C)CCCC1. The Morgan fingerprint density at radius 2 is 1.71 bits per heavy atom. The normalized spacial score (nSPS) is 16.8. The van der Waals surface area contributed by atoms with Crippen LogP contribution in [0, 0.1) is 11.3 Å². The molecule has 0 spiro atoms. The molecule has 1 amide bonds. The van der Waals surface area contributed by atoms with Crippen molar-refractivity contribution >= 4 is 29.6 Å². The van der Waals surface area contributed by atoms with Crippen LogP contribution >= 0.6 is 11.8 Å². The van der Waals surface area contributed by atoms with Crippen LogP contribution in [0.15, 0.2) is 30.3 Å². The summed E-state index contributed by atoms with van der Waals surface area (Å²) in [6.45, 7) is 7.64. The fourth-order valence-electron chi connectivity index (χ4n) is 4.76. The summed E-state index contributed by atoms with van der Waals surface area (Å²) in [5.74, 6) is -0.436. The highest BCUT2D eigenvalue weighted by molar-refractivity contribution is 7.98. The summed E-state index contributed by atoms with van der Waals surface area (Å²) in [5, 5.41) is 3.01. The number of carbonyl (C=O) groups excluding carboxylic acids is 3. The van der Waals surface area contributed by atoms with Crippen LogP contribution in [0.2, 0.25) is 0 Å². The van der Waals surface area contributed by atoms with E-state index < -0.39 is 28.9 Å². The maximum absolute atomic E-state index is 13.7. The molecule has 1 saturated carbocycles. The van der Waals surface area contributed by atoms with E-state index in [0.717, 1.165) is 30.6 Å². The fourth-order valence-corrected chi connectivity index (χ4v) is 5.23. The van der Waals surface area contributed by atoms with Gasteiger partial charge >= 0.3 is 11.9 Å². The Balaban J connectivity index is 2.23. The van der Waals surface area contributed by atoms with Crippen LogP contribution in [0.3, 0.4) is 0 Å². The summed E-state index contributed by atoms with van der Waals surface area (Å²) in [6.07, 6.45) is 7.56. The van der Waals surface area contributed by atoms with E-state index >= 15 is 0 Å². The molecule has 1 aromatic carbocycles. The number of thioether (sulfide) groups is 1. The first-order chi connectivity index (χ1) is 16.6. The second kappa shape index (κ2) is 13.9. The predicted molar refractivity (Wildman–Crippen MR) is 141 cm³/mol. The Morgan fingerprint density at radius 3 is 2.29 bits per heavy atom. The van der Waals surface area contributed by atoms with Gasteiger partial charge in [0.15, 0.2) is 0 Å². The smallest absolute Gasteiger partial charge is 0.328 e. The molecule has 0 saturated heterocycles. The lowest BCUT2D eigenvalue weighted by Crippen LogP contribution is -2.49. The number of ether oxygens (including phenoxy) is 2. The molecule has 1 aliphatic rings. The van der Waals surface area contributed by atoms with Crippen LogP contribution in [-0.2, 0) is 30.3 Å². The maximum Gasteiger partial charge on any atom is 0.328 e. The van der Waals surface area contributed by atoms with Crippen LogP contribution < -0.4 is 5.32 Å². The first kappa shape index (κ1) is 29.2. The van der Waals surface area contributed by atoms with Crippen molar-refractivity contribution in [3.05, 3.63) is 35.9 Å². The van der Waals surface area contributed by atoms with Crippen molar-refractivity contribution in [2.75, 3.05) is 18.6 Å². The standard InChI is InChI=1S/C28H43NO5S/c1-6-33-25(31)23(16-19-35-5)29-26(32)28(17-10-11-18-28)20-22(24(30)34-27(2,3)4)15-14-21-12-8-7-9-13-21/h7-9,12-13,22-23H,6,10-11,14-20H2,1-5H3,(H,29,32)/t22-,23+/m1/s1. The maximum atomic E-state index is 13.7. The van der Waals surface area contributed by atoms with E-state index in [-0.39, 0.29) is 18.5 Å². The minimum atomic E-state index is -0.678. The summed E-state index contributed by atoms with van der Waals surface area (Å²) >= 11 is 1.63. The molecule has 1 N–H and O–H groups in total. The van der Waals surface area contributed by atoms with Gasteiger partial charge < -0.3 is 14.8 Å². The molecule has 7 heteroatoms. The first-order valence-corrected chi connectivity index (χ1v) is 14.2. The number of rotatable bonds is 13. The largest absolute Gasteiger partial charge is 0.464 e. The minimum absolute atomic E-state index is 0.137. The zero-order valence-electron chi connectivity index (χ0n) is 22.1. The van der Waals surface area contributed by atoms with E-state index in [4.69, 9.17) is 9.47 Å². The molecule has 0 heterocycles. The lowest BCUT2D eigenvalue weighted by atomic mass is 9.75. The quantitative estimate of drug-likeness (QED) is 0.365. The van der Waals surface area contributed by atoms with E-state index in [1.54, 1.807) is 18.7 Å². The molecule has 2 rings (SSSR count). The third-order valence-electron chi connectivity index (χ3n) is 6.53. The zero-order chi connectivity index (χ0) is 25.9. The summed E-state index contributed by atoms with van der Waals surface area (Å²) in [5.41, 5.74) is -0.118. The Labute approximate surface area is 215 Å². The predicted octanol–water partition coefficient (Wildman–Crippen LogP) is 5.33. The third-order valence-corrected chi connectivity index (χ3v) is 7.17. The van der Waals surface area contributed by atoms with Crippen molar-refractivity contribution < 1.29 is 23.9 Å². The number of nitrogens with one attached hydrogen (secondary N) is 1. The van der Waals surface area contributed by atoms with Crippen LogP contribution in [0.5, 0.6) is 0 Å². The summed E-state index contributed by atoms with van der Waals surface area (Å²) in [6, 6.07) is 9.40. The molecule has 0 aliphatic heterocycles. The molecular formula is C28H43NO5S. The van der Waals surface area contributed by atoms with Gasteiger partial charge in [-0.25, -0.2) is 4.79 Å². The molecule has 1 aliphatic carbocycles. The van der Waals surface area contributed by atoms with E-state index in [1.165, 1.54) is 0 Å². The molecule has 0 radical (unpaired) electrons. The highest BCUT2D eigenvalue weighted by atomic mass is 32.2. The van der Waals surface area contributed by atoms with Gasteiger partial charge in [-0.05, 0) is 83.8 Å². The van der Waals surface area contributed by atoms with Crippen molar-refractivity contribution in [3.63, 3.8) is 0 Å². The average Bonchev–Trinajstić information content (AvgIpc) is 3.28. The van der Waals surface area contributed by atoms with Gasteiger partial charge in [-0.3, -0.25) is 9.59 Å². The molecule has 6 nitrogen and oxygen atoms in total. The summed E-state index contributed by atoms with van der Waals surface area (Å²) < 4.78 is 11.0. The molecule has 1 aromatic rings. The molecule has 0 bridgehead atoms. The van der Waals surface area contributed by atoms with Crippen molar-refractivity contribution in [1.82, 2.24) is 5.32 Å². The van der Waals surface area contributed by atoms with Gasteiger partial charge in [-0.15, -0.1) is 0 Å². The van der Waals surface area contributed by atoms with Gasteiger partial charge in [0, 0.05) is 0 Å². The average molecular weight is 506 g/mol. The molecule has 2 atom stereocenters. The monoisotopic (exact) mass is 505 g/mol. The fraction of sp³-hybridized carbons (Fsp3) is 0.679. The highest BCUT2D eigenvalue weighted by Gasteiger charge is 2.45. The lowest BCUT2D eigenvalue weighted by Gasteiger charge is -2.33. The van der Waals surface area contributed by atoms with Crippen molar-refractivity contribution in [2.24, 2.45) is 11.3 Å². The molecule has 35 heavy (non-hydrogen) atoms.